The van der Waals surface area contributed by atoms with Crippen LogP contribution in [0.25, 0.3) is 0 Å². The van der Waals surface area contributed by atoms with Gasteiger partial charge in [0.15, 0.2) is 0 Å². The summed E-state index contributed by atoms with van der Waals surface area (Å²) in [6.07, 6.45) is 4.77. The van der Waals surface area contributed by atoms with Crippen molar-refractivity contribution in [2.75, 3.05) is 18.5 Å². The zero-order valence-corrected chi connectivity index (χ0v) is 15.8. The third kappa shape index (κ3) is 5.20. The summed E-state index contributed by atoms with van der Waals surface area (Å²) < 4.78 is 5.75. The molecule has 1 aromatic carbocycles. The number of ether oxygens (including phenoxy) is 1. The van der Waals surface area contributed by atoms with Gasteiger partial charge in [0.1, 0.15) is 6.23 Å². The summed E-state index contributed by atoms with van der Waals surface area (Å²) >= 11 is 0. The second-order valence-corrected chi connectivity index (χ2v) is 7.27. The molecule has 1 aliphatic heterocycles. The van der Waals surface area contributed by atoms with Crippen LogP contribution in [0.15, 0.2) is 18.2 Å². The summed E-state index contributed by atoms with van der Waals surface area (Å²) in [6.45, 7) is 2.68. The van der Waals surface area contributed by atoms with Crippen molar-refractivity contribution in [1.82, 2.24) is 10.6 Å². The fourth-order valence-electron chi connectivity index (χ4n) is 3.74. The van der Waals surface area contributed by atoms with Gasteiger partial charge in [-0.3, -0.25) is 9.59 Å². The second-order valence-electron chi connectivity index (χ2n) is 7.27. The minimum atomic E-state index is -0.719. The van der Waals surface area contributed by atoms with Gasteiger partial charge in [0.2, 0.25) is 0 Å². The molecule has 1 aliphatic carbocycles. The van der Waals surface area contributed by atoms with E-state index in [-0.39, 0.29) is 18.8 Å². The van der Waals surface area contributed by atoms with Gasteiger partial charge in [-0.1, -0.05) is 31.9 Å². The van der Waals surface area contributed by atoms with E-state index in [9.17, 15) is 14.7 Å². The summed E-state index contributed by atoms with van der Waals surface area (Å²) in [5.41, 5.74) is 2.93. The molecule has 1 fully saturated rings. The van der Waals surface area contributed by atoms with Crippen LogP contribution in [0.1, 0.15) is 56.3 Å². The van der Waals surface area contributed by atoms with Crippen LogP contribution >= 0.6 is 0 Å². The number of hydrogen-bond acceptors (Lipinski definition) is 5. The van der Waals surface area contributed by atoms with Crippen LogP contribution < -0.4 is 16.0 Å². The Morgan fingerprint density at radius 2 is 2.04 bits per heavy atom. The predicted molar refractivity (Wildman–Crippen MR) is 102 cm³/mol. The molecule has 27 heavy (non-hydrogen) atoms. The van der Waals surface area contributed by atoms with E-state index in [0.717, 1.165) is 48.9 Å². The molecule has 0 spiro atoms. The molecule has 1 heterocycles. The van der Waals surface area contributed by atoms with Gasteiger partial charge in [0, 0.05) is 23.8 Å². The van der Waals surface area contributed by atoms with E-state index in [1.807, 2.05) is 25.1 Å². The van der Waals surface area contributed by atoms with Gasteiger partial charge in [-0.2, -0.15) is 0 Å². The fraction of sp³-hybridized carbons (Fsp3) is 0.600. The Bertz CT molecular complexity index is 673. The molecular formula is C20H29N3O4. The lowest BCUT2D eigenvalue weighted by Gasteiger charge is -2.17. The van der Waals surface area contributed by atoms with E-state index in [0.29, 0.717) is 13.0 Å². The van der Waals surface area contributed by atoms with Gasteiger partial charge >= 0.3 is 11.8 Å². The van der Waals surface area contributed by atoms with Crippen molar-refractivity contribution in [2.45, 2.75) is 63.8 Å². The number of aliphatic hydroxyl groups excluding tert-OH is 1. The molecule has 2 atom stereocenters. The van der Waals surface area contributed by atoms with Crippen molar-refractivity contribution in [1.29, 1.82) is 0 Å². The van der Waals surface area contributed by atoms with Crippen molar-refractivity contribution in [2.24, 2.45) is 0 Å². The Kier molecular flexibility index (Phi) is 6.68. The van der Waals surface area contributed by atoms with Crippen LogP contribution in [0.3, 0.4) is 0 Å². The quantitative estimate of drug-likeness (QED) is 0.586. The maximum atomic E-state index is 12.0. The SMILES string of the molecule is CC[C@H]1OC[C@@H](O)Nc2ccc(CCNC(=O)C(=O)NC3CCCC3)cc21. The summed E-state index contributed by atoms with van der Waals surface area (Å²) in [5.74, 6) is -1.11. The lowest BCUT2D eigenvalue weighted by atomic mass is 10.0. The lowest BCUT2D eigenvalue weighted by Crippen LogP contribution is -2.44. The largest absolute Gasteiger partial charge is 0.371 e. The number of aliphatic hydroxyl groups is 1. The molecule has 3 rings (SSSR count). The molecular weight excluding hydrogens is 346 g/mol. The van der Waals surface area contributed by atoms with E-state index < -0.39 is 18.0 Å². The molecule has 2 aliphatic rings. The van der Waals surface area contributed by atoms with Crippen LogP contribution in [0.4, 0.5) is 5.69 Å². The molecule has 1 aromatic rings. The fourth-order valence-corrected chi connectivity index (χ4v) is 3.74. The Labute approximate surface area is 159 Å². The normalized spacial score (nSPS) is 22.4. The maximum Gasteiger partial charge on any atom is 0.309 e. The topological polar surface area (TPSA) is 99.7 Å². The van der Waals surface area contributed by atoms with Gasteiger partial charge in [-0.25, -0.2) is 0 Å². The van der Waals surface area contributed by atoms with Crippen molar-refractivity contribution in [3.05, 3.63) is 29.3 Å². The standard InChI is InChI=1S/C20H29N3O4/c1-2-17-15-11-13(7-8-16(15)23-18(24)12-27-17)9-10-21-19(25)20(26)22-14-5-3-4-6-14/h7-8,11,14,17-18,23-24H,2-6,9-10,12H2,1H3,(H,21,25)(H,22,26)/t17-,18-/m1/s1. The highest BCUT2D eigenvalue weighted by Crippen LogP contribution is 2.32. The number of anilines is 1. The van der Waals surface area contributed by atoms with Crippen molar-refractivity contribution in [3.63, 3.8) is 0 Å². The monoisotopic (exact) mass is 375 g/mol. The molecule has 0 aromatic heterocycles. The average molecular weight is 375 g/mol. The van der Waals surface area contributed by atoms with E-state index in [2.05, 4.69) is 16.0 Å². The van der Waals surface area contributed by atoms with Crippen LogP contribution in [0.2, 0.25) is 0 Å². The first-order valence-electron chi connectivity index (χ1n) is 9.84. The number of hydrogen-bond donors (Lipinski definition) is 4. The van der Waals surface area contributed by atoms with Crippen LogP contribution in [0, 0.1) is 0 Å². The minimum absolute atomic E-state index is 0.0728. The molecule has 1 saturated carbocycles. The van der Waals surface area contributed by atoms with Crippen LogP contribution in [-0.2, 0) is 20.7 Å². The Balaban J connectivity index is 1.53. The summed E-state index contributed by atoms with van der Waals surface area (Å²) in [4.78, 5) is 23.9. The molecule has 148 valence electrons. The molecule has 2 amide bonds. The Hall–Kier alpha value is -2.12. The first-order chi connectivity index (χ1) is 13.1. The van der Waals surface area contributed by atoms with Gasteiger partial charge in [0.25, 0.3) is 0 Å². The first-order valence-corrected chi connectivity index (χ1v) is 9.84. The number of benzene rings is 1. The predicted octanol–water partition coefficient (Wildman–Crippen LogP) is 1.62. The van der Waals surface area contributed by atoms with E-state index >= 15 is 0 Å². The maximum absolute atomic E-state index is 12.0. The van der Waals surface area contributed by atoms with Crippen molar-refractivity contribution < 1.29 is 19.4 Å². The molecule has 7 heteroatoms. The van der Waals surface area contributed by atoms with E-state index in [1.165, 1.54) is 0 Å². The molecule has 0 saturated heterocycles. The highest BCUT2D eigenvalue weighted by molar-refractivity contribution is 6.35. The Morgan fingerprint density at radius 1 is 1.26 bits per heavy atom. The zero-order chi connectivity index (χ0) is 19.2. The zero-order valence-electron chi connectivity index (χ0n) is 15.8. The third-order valence-corrected chi connectivity index (χ3v) is 5.21. The lowest BCUT2D eigenvalue weighted by molar-refractivity contribution is -0.139. The minimum Gasteiger partial charge on any atom is -0.371 e. The van der Waals surface area contributed by atoms with Gasteiger partial charge in [-0.15, -0.1) is 0 Å². The van der Waals surface area contributed by atoms with Gasteiger partial charge in [0.05, 0.1) is 12.7 Å². The average Bonchev–Trinajstić information content (AvgIpc) is 3.10. The molecule has 0 radical (unpaired) electrons. The molecule has 7 nitrogen and oxygen atoms in total. The van der Waals surface area contributed by atoms with E-state index in [4.69, 9.17) is 4.74 Å². The number of carbonyl (C=O) groups excluding carboxylic acids is 2. The van der Waals surface area contributed by atoms with Gasteiger partial charge in [-0.05, 0) is 37.3 Å². The number of amides is 2. The summed E-state index contributed by atoms with van der Waals surface area (Å²) in [5, 5.41) is 18.4. The number of fused-ring (bicyclic) bond motifs is 1. The van der Waals surface area contributed by atoms with Crippen molar-refractivity contribution >= 4 is 17.5 Å². The van der Waals surface area contributed by atoms with E-state index in [1.54, 1.807) is 0 Å². The van der Waals surface area contributed by atoms with Crippen LogP contribution in [-0.4, -0.2) is 42.3 Å². The smallest absolute Gasteiger partial charge is 0.309 e. The third-order valence-electron chi connectivity index (χ3n) is 5.21. The first kappa shape index (κ1) is 19.6. The number of carbonyl (C=O) groups is 2. The summed E-state index contributed by atoms with van der Waals surface area (Å²) in [6, 6.07) is 6.07. The highest BCUT2D eigenvalue weighted by Gasteiger charge is 2.23. The highest BCUT2D eigenvalue weighted by atomic mass is 16.5. The summed E-state index contributed by atoms with van der Waals surface area (Å²) in [7, 11) is 0. The van der Waals surface area contributed by atoms with Crippen molar-refractivity contribution in [3.8, 4) is 0 Å². The molecule has 4 N–H and O–H groups in total. The molecule has 0 bridgehead atoms. The Morgan fingerprint density at radius 3 is 2.78 bits per heavy atom. The number of nitrogens with one attached hydrogen (secondary N) is 3. The van der Waals surface area contributed by atoms with Crippen LogP contribution in [0.5, 0.6) is 0 Å². The second kappa shape index (κ2) is 9.19. The number of rotatable bonds is 5. The molecule has 0 unspecified atom stereocenters. The van der Waals surface area contributed by atoms with Gasteiger partial charge < -0.3 is 25.8 Å².